The summed E-state index contributed by atoms with van der Waals surface area (Å²) >= 11 is 0. The molecule has 0 bridgehead atoms. The van der Waals surface area contributed by atoms with Crippen LogP contribution in [0.5, 0.6) is 0 Å². The molecule has 1 aliphatic heterocycles. The lowest BCUT2D eigenvalue weighted by Crippen LogP contribution is -2.29. The SMILES string of the molecule is CCc1cccc(C(=O)Cn2cnc(/C(C#N)=C(\CCC=C(C)C)N3CCC(N)C3)c(C)c2=O)c1. The topological polar surface area (TPSA) is 105 Å². The van der Waals surface area contributed by atoms with E-state index in [-0.39, 0.29) is 23.9 Å². The van der Waals surface area contributed by atoms with Gasteiger partial charge < -0.3 is 10.6 Å². The van der Waals surface area contributed by atoms with E-state index in [0.29, 0.717) is 35.4 Å². The number of likely N-dealkylation sites (tertiary alicyclic amines) is 1. The van der Waals surface area contributed by atoms with E-state index in [1.807, 2.05) is 39.0 Å². The molecular formula is C28H35N5O2. The summed E-state index contributed by atoms with van der Waals surface area (Å²) in [5.74, 6) is -0.152. The normalized spacial score (nSPS) is 16.0. The van der Waals surface area contributed by atoms with Crippen molar-refractivity contribution < 1.29 is 4.79 Å². The number of nitrogens with zero attached hydrogens (tertiary/aromatic N) is 4. The summed E-state index contributed by atoms with van der Waals surface area (Å²) in [6.45, 7) is 9.15. The number of hydrogen-bond donors (Lipinski definition) is 1. The summed E-state index contributed by atoms with van der Waals surface area (Å²) in [5.41, 5.74) is 10.7. The molecule has 7 heteroatoms. The Bertz CT molecular complexity index is 1240. The Morgan fingerprint density at radius 2 is 2.11 bits per heavy atom. The minimum atomic E-state index is -0.315. The molecule has 1 aliphatic rings. The number of aryl methyl sites for hydroxylation is 1. The second-order valence-corrected chi connectivity index (χ2v) is 9.38. The van der Waals surface area contributed by atoms with E-state index in [2.05, 4.69) is 22.0 Å². The van der Waals surface area contributed by atoms with Gasteiger partial charge in [-0.05, 0) is 58.1 Å². The third-order valence-electron chi connectivity index (χ3n) is 6.41. The molecule has 1 fully saturated rings. The van der Waals surface area contributed by atoms with Crippen molar-refractivity contribution in [3.05, 3.63) is 80.7 Å². The maximum absolute atomic E-state index is 13.2. The molecule has 7 nitrogen and oxygen atoms in total. The van der Waals surface area contributed by atoms with E-state index >= 15 is 0 Å². The number of aromatic nitrogens is 2. The van der Waals surface area contributed by atoms with Crippen molar-refractivity contribution in [3.8, 4) is 6.07 Å². The fraction of sp³-hybridized carbons (Fsp3) is 0.429. The standard InChI is InChI=1S/C28H35N5O2/c1-5-21-9-7-10-22(14-21)26(34)17-33-18-31-27(20(4)28(33)35)24(15-29)25(11-6-8-19(2)3)32-13-12-23(30)16-32/h7-10,14,18,23H,5-6,11-13,16-17,30H2,1-4H3/b25-24+. The summed E-state index contributed by atoms with van der Waals surface area (Å²) in [6, 6.07) is 9.82. The molecule has 2 aromatic rings. The van der Waals surface area contributed by atoms with E-state index in [1.165, 1.54) is 16.5 Å². The van der Waals surface area contributed by atoms with Gasteiger partial charge in [-0.3, -0.25) is 14.2 Å². The zero-order valence-electron chi connectivity index (χ0n) is 21.2. The van der Waals surface area contributed by atoms with Crippen molar-refractivity contribution in [1.29, 1.82) is 5.26 Å². The van der Waals surface area contributed by atoms with Crippen LogP contribution in [0.2, 0.25) is 0 Å². The number of carbonyl (C=O) groups is 1. The summed E-state index contributed by atoms with van der Waals surface area (Å²) in [6.07, 6.45) is 6.67. The highest BCUT2D eigenvalue weighted by Gasteiger charge is 2.25. The maximum atomic E-state index is 13.2. The van der Waals surface area contributed by atoms with Gasteiger partial charge in [-0.2, -0.15) is 5.26 Å². The average molecular weight is 474 g/mol. The summed E-state index contributed by atoms with van der Waals surface area (Å²) in [5, 5.41) is 10.1. The van der Waals surface area contributed by atoms with Gasteiger partial charge in [0, 0.05) is 36.0 Å². The molecule has 0 amide bonds. The molecule has 1 atom stereocenters. The molecule has 184 valence electrons. The first kappa shape index (κ1) is 26.1. The Morgan fingerprint density at radius 3 is 2.74 bits per heavy atom. The van der Waals surface area contributed by atoms with Crippen molar-refractivity contribution in [1.82, 2.24) is 14.5 Å². The van der Waals surface area contributed by atoms with Gasteiger partial charge in [0.05, 0.1) is 24.1 Å². The molecule has 0 aliphatic carbocycles. The number of allylic oxidation sites excluding steroid dienone is 4. The van der Waals surface area contributed by atoms with Crippen LogP contribution in [-0.2, 0) is 13.0 Å². The van der Waals surface area contributed by atoms with Gasteiger partial charge in [-0.15, -0.1) is 0 Å². The molecule has 1 aromatic heterocycles. The summed E-state index contributed by atoms with van der Waals surface area (Å²) in [4.78, 5) is 32.7. The quantitative estimate of drug-likeness (QED) is 0.335. The lowest BCUT2D eigenvalue weighted by atomic mass is 10.0. The van der Waals surface area contributed by atoms with Crippen LogP contribution < -0.4 is 11.3 Å². The zero-order chi connectivity index (χ0) is 25.5. The predicted molar refractivity (Wildman–Crippen MR) is 139 cm³/mol. The predicted octanol–water partition coefficient (Wildman–Crippen LogP) is 4.01. The van der Waals surface area contributed by atoms with Crippen LogP contribution in [0.15, 0.2) is 52.7 Å². The Morgan fingerprint density at radius 1 is 1.34 bits per heavy atom. The lowest BCUT2D eigenvalue weighted by Gasteiger charge is -2.24. The van der Waals surface area contributed by atoms with Crippen molar-refractivity contribution in [2.45, 2.75) is 66.0 Å². The number of benzene rings is 1. The van der Waals surface area contributed by atoms with Gasteiger partial charge in [0.15, 0.2) is 5.78 Å². The monoisotopic (exact) mass is 473 g/mol. The van der Waals surface area contributed by atoms with Gasteiger partial charge in [0.25, 0.3) is 5.56 Å². The Kier molecular flexibility index (Phi) is 8.78. The number of Topliss-reactive ketones (excluding diaryl/α,β-unsaturated/α-hetero) is 1. The lowest BCUT2D eigenvalue weighted by molar-refractivity contribution is 0.0970. The number of hydrogen-bond acceptors (Lipinski definition) is 6. The van der Waals surface area contributed by atoms with E-state index in [9.17, 15) is 14.9 Å². The van der Waals surface area contributed by atoms with Gasteiger partial charge in [0.1, 0.15) is 6.07 Å². The fourth-order valence-corrected chi connectivity index (χ4v) is 4.39. The van der Waals surface area contributed by atoms with Gasteiger partial charge in [-0.25, -0.2) is 4.98 Å². The highest BCUT2D eigenvalue weighted by Crippen LogP contribution is 2.27. The Labute approximate surface area is 207 Å². The highest BCUT2D eigenvalue weighted by atomic mass is 16.1. The van der Waals surface area contributed by atoms with Gasteiger partial charge >= 0.3 is 0 Å². The molecule has 35 heavy (non-hydrogen) atoms. The molecule has 2 N–H and O–H groups in total. The first-order valence-corrected chi connectivity index (χ1v) is 12.2. The molecule has 1 saturated heterocycles. The summed E-state index contributed by atoms with van der Waals surface area (Å²) in [7, 11) is 0. The third kappa shape index (κ3) is 6.34. The zero-order valence-corrected chi connectivity index (χ0v) is 21.2. The van der Waals surface area contributed by atoms with Crippen molar-refractivity contribution in [2.24, 2.45) is 5.73 Å². The van der Waals surface area contributed by atoms with Crippen LogP contribution in [0, 0.1) is 18.3 Å². The number of rotatable bonds is 9. The smallest absolute Gasteiger partial charge is 0.257 e. The number of ketones is 1. The van der Waals surface area contributed by atoms with E-state index < -0.39 is 0 Å². The van der Waals surface area contributed by atoms with Gasteiger partial charge in [-0.1, -0.05) is 36.8 Å². The van der Waals surface area contributed by atoms with E-state index in [4.69, 9.17) is 5.73 Å². The minimum absolute atomic E-state index is 0.0627. The van der Waals surface area contributed by atoms with Crippen LogP contribution in [0.1, 0.15) is 67.2 Å². The third-order valence-corrected chi connectivity index (χ3v) is 6.41. The Balaban J connectivity index is 1.97. The molecule has 1 aromatic carbocycles. The van der Waals surface area contributed by atoms with E-state index in [0.717, 1.165) is 37.1 Å². The average Bonchev–Trinajstić information content (AvgIpc) is 3.28. The number of carbonyl (C=O) groups excluding carboxylic acids is 1. The minimum Gasteiger partial charge on any atom is -0.372 e. The van der Waals surface area contributed by atoms with Crippen LogP contribution >= 0.6 is 0 Å². The molecule has 0 spiro atoms. The van der Waals surface area contributed by atoms with Crippen LogP contribution in [-0.4, -0.2) is 39.4 Å². The molecule has 0 radical (unpaired) electrons. The molecule has 2 heterocycles. The fourth-order valence-electron chi connectivity index (χ4n) is 4.39. The van der Waals surface area contributed by atoms with Gasteiger partial charge in [0.2, 0.25) is 0 Å². The molecule has 0 saturated carbocycles. The Hall–Kier alpha value is -3.50. The molecule has 1 unspecified atom stereocenters. The van der Waals surface area contributed by atoms with Crippen molar-refractivity contribution in [2.75, 3.05) is 13.1 Å². The van der Waals surface area contributed by atoms with E-state index in [1.54, 1.807) is 13.0 Å². The highest BCUT2D eigenvalue weighted by molar-refractivity contribution is 5.96. The van der Waals surface area contributed by atoms with Crippen LogP contribution in [0.25, 0.3) is 5.57 Å². The molecular weight excluding hydrogens is 438 g/mol. The summed E-state index contributed by atoms with van der Waals surface area (Å²) < 4.78 is 1.32. The largest absolute Gasteiger partial charge is 0.372 e. The number of nitrogens with two attached hydrogens (primary N) is 1. The van der Waals surface area contributed by atoms with Crippen molar-refractivity contribution in [3.63, 3.8) is 0 Å². The van der Waals surface area contributed by atoms with Crippen LogP contribution in [0.3, 0.4) is 0 Å². The molecule has 3 rings (SSSR count). The first-order chi connectivity index (χ1) is 16.7. The van der Waals surface area contributed by atoms with Crippen LogP contribution in [0.4, 0.5) is 0 Å². The maximum Gasteiger partial charge on any atom is 0.257 e. The number of nitriles is 1. The second-order valence-electron chi connectivity index (χ2n) is 9.38. The van der Waals surface area contributed by atoms with Crippen molar-refractivity contribution >= 4 is 11.4 Å². The second kappa shape index (κ2) is 11.8. The first-order valence-electron chi connectivity index (χ1n) is 12.2.